The number of carbonyl (C=O) groups is 1. The Kier molecular flexibility index (Phi) is 4.79. The van der Waals surface area contributed by atoms with E-state index in [0.29, 0.717) is 6.04 Å². The number of aryl methyl sites for hydroxylation is 1. The number of nitrogens with zero attached hydrogens (tertiary/aromatic N) is 2. The summed E-state index contributed by atoms with van der Waals surface area (Å²) < 4.78 is 1.82. The van der Waals surface area contributed by atoms with Gasteiger partial charge in [0.15, 0.2) is 0 Å². The van der Waals surface area contributed by atoms with Crippen LogP contribution in [0.15, 0.2) is 36.7 Å². The predicted octanol–water partition coefficient (Wildman–Crippen LogP) is 3.88. The first-order valence-electron chi connectivity index (χ1n) is 8.58. The molecule has 1 aliphatic rings. The molecule has 3 rings (SSSR count). The Balaban J connectivity index is 1.60. The molecule has 1 heterocycles. The molecule has 1 N–H and O–H groups in total. The summed E-state index contributed by atoms with van der Waals surface area (Å²) in [5.41, 5.74) is 2.81. The number of hydrogen-bond donors (Lipinski definition) is 1. The van der Waals surface area contributed by atoms with Crippen LogP contribution in [0.5, 0.6) is 0 Å². The van der Waals surface area contributed by atoms with Gasteiger partial charge < -0.3 is 5.32 Å². The molecule has 0 radical (unpaired) electrons. The highest BCUT2D eigenvalue weighted by molar-refractivity contribution is 5.94. The molecule has 1 aromatic heterocycles. The lowest BCUT2D eigenvalue weighted by molar-refractivity contribution is 0.0921. The van der Waals surface area contributed by atoms with Crippen LogP contribution >= 0.6 is 0 Å². The van der Waals surface area contributed by atoms with Crippen molar-refractivity contribution < 1.29 is 4.79 Å². The number of hydrogen-bond acceptors (Lipinski definition) is 2. The van der Waals surface area contributed by atoms with Crippen LogP contribution in [-0.4, -0.2) is 21.7 Å². The van der Waals surface area contributed by atoms with Gasteiger partial charge in [-0.3, -0.25) is 4.79 Å². The van der Waals surface area contributed by atoms with Gasteiger partial charge in [0.1, 0.15) is 0 Å². The van der Waals surface area contributed by atoms with E-state index in [4.69, 9.17) is 0 Å². The van der Waals surface area contributed by atoms with Crippen LogP contribution in [0, 0.1) is 12.8 Å². The summed E-state index contributed by atoms with van der Waals surface area (Å²) in [7, 11) is 0. The molecule has 0 unspecified atom stereocenters. The molecule has 4 heteroatoms. The lowest BCUT2D eigenvalue weighted by atomic mass is 9.84. The maximum Gasteiger partial charge on any atom is 0.251 e. The minimum atomic E-state index is 0.0353. The minimum absolute atomic E-state index is 0.0353. The van der Waals surface area contributed by atoms with Crippen molar-refractivity contribution in [3.8, 4) is 5.69 Å². The largest absolute Gasteiger partial charge is 0.349 e. The van der Waals surface area contributed by atoms with Crippen molar-refractivity contribution in [1.29, 1.82) is 0 Å². The average molecular weight is 311 g/mol. The third kappa shape index (κ3) is 3.81. The minimum Gasteiger partial charge on any atom is -0.349 e. The van der Waals surface area contributed by atoms with E-state index in [9.17, 15) is 4.79 Å². The van der Waals surface area contributed by atoms with Crippen LogP contribution in [0.1, 0.15) is 54.9 Å². The fraction of sp³-hybridized carbons (Fsp3) is 0.474. The van der Waals surface area contributed by atoms with E-state index >= 15 is 0 Å². The molecule has 1 saturated carbocycles. The van der Waals surface area contributed by atoms with E-state index < -0.39 is 0 Å². The first-order chi connectivity index (χ1) is 11.2. The van der Waals surface area contributed by atoms with Gasteiger partial charge in [0.05, 0.1) is 11.9 Å². The molecule has 1 fully saturated rings. The molecule has 0 spiro atoms. The number of aromatic nitrogens is 2. The molecule has 122 valence electrons. The Morgan fingerprint density at radius 2 is 1.91 bits per heavy atom. The second-order valence-corrected chi connectivity index (χ2v) is 6.61. The first-order valence-corrected chi connectivity index (χ1v) is 8.58. The quantitative estimate of drug-likeness (QED) is 0.931. The molecule has 0 atom stereocenters. The lowest BCUT2D eigenvalue weighted by Crippen LogP contribution is -2.37. The summed E-state index contributed by atoms with van der Waals surface area (Å²) in [5, 5.41) is 7.47. The van der Waals surface area contributed by atoms with Crippen molar-refractivity contribution in [2.75, 3.05) is 0 Å². The fourth-order valence-corrected chi connectivity index (χ4v) is 3.30. The van der Waals surface area contributed by atoms with Crippen molar-refractivity contribution in [2.24, 2.45) is 5.92 Å². The number of benzene rings is 1. The molecule has 1 aliphatic carbocycles. The van der Waals surface area contributed by atoms with E-state index in [2.05, 4.69) is 17.3 Å². The van der Waals surface area contributed by atoms with E-state index in [0.717, 1.165) is 35.6 Å². The van der Waals surface area contributed by atoms with Gasteiger partial charge in [-0.1, -0.05) is 13.3 Å². The van der Waals surface area contributed by atoms with E-state index in [1.165, 1.54) is 19.3 Å². The highest BCUT2D eigenvalue weighted by Crippen LogP contribution is 2.26. The second-order valence-electron chi connectivity index (χ2n) is 6.61. The normalized spacial score (nSPS) is 21.1. The van der Waals surface area contributed by atoms with E-state index in [1.54, 1.807) is 0 Å². The Hall–Kier alpha value is -2.10. The monoisotopic (exact) mass is 311 g/mol. The van der Waals surface area contributed by atoms with Crippen LogP contribution in [0.25, 0.3) is 5.69 Å². The van der Waals surface area contributed by atoms with Crippen molar-refractivity contribution >= 4 is 5.91 Å². The summed E-state index contributed by atoms with van der Waals surface area (Å²) in [6, 6.07) is 7.96. The molecular formula is C19H25N3O. The molecule has 1 amide bonds. The Labute approximate surface area is 137 Å². The zero-order chi connectivity index (χ0) is 16.2. The number of nitrogens with one attached hydrogen (secondary N) is 1. The standard InChI is InChI=1S/C19H25N3O/c1-3-15-4-8-17(9-5-15)21-19(23)16-6-10-18(11-7-16)22-13-14(2)12-20-22/h6-7,10-13,15,17H,3-5,8-9H2,1-2H3,(H,21,23). The molecule has 0 saturated heterocycles. The molecule has 2 aromatic rings. The zero-order valence-corrected chi connectivity index (χ0v) is 14.0. The van der Waals surface area contributed by atoms with Crippen LogP contribution in [0.2, 0.25) is 0 Å². The molecule has 0 bridgehead atoms. The van der Waals surface area contributed by atoms with Gasteiger partial charge in [-0.25, -0.2) is 4.68 Å². The van der Waals surface area contributed by atoms with Crippen molar-refractivity contribution in [3.05, 3.63) is 47.8 Å². The SMILES string of the molecule is CCC1CCC(NC(=O)c2ccc(-n3cc(C)cn3)cc2)CC1. The molecule has 4 nitrogen and oxygen atoms in total. The zero-order valence-electron chi connectivity index (χ0n) is 14.0. The Morgan fingerprint density at radius 3 is 2.48 bits per heavy atom. The highest BCUT2D eigenvalue weighted by atomic mass is 16.1. The maximum atomic E-state index is 12.4. The fourth-order valence-electron chi connectivity index (χ4n) is 3.30. The van der Waals surface area contributed by atoms with Gasteiger partial charge in [-0.05, 0) is 68.4 Å². The average Bonchev–Trinajstić information content (AvgIpc) is 3.02. The maximum absolute atomic E-state index is 12.4. The topological polar surface area (TPSA) is 46.9 Å². The molecular weight excluding hydrogens is 286 g/mol. The third-order valence-corrected chi connectivity index (χ3v) is 4.87. The van der Waals surface area contributed by atoms with Crippen LogP contribution < -0.4 is 5.32 Å². The Morgan fingerprint density at radius 1 is 1.22 bits per heavy atom. The highest BCUT2D eigenvalue weighted by Gasteiger charge is 2.21. The van der Waals surface area contributed by atoms with Gasteiger partial charge in [0.25, 0.3) is 5.91 Å². The number of carbonyl (C=O) groups excluding carboxylic acids is 1. The predicted molar refractivity (Wildman–Crippen MR) is 91.8 cm³/mol. The van der Waals surface area contributed by atoms with Crippen LogP contribution in [0.3, 0.4) is 0 Å². The summed E-state index contributed by atoms with van der Waals surface area (Å²) in [6.07, 6.45) is 9.74. The summed E-state index contributed by atoms with van der Waals surface area (Å²) in [6.45, 7) is 4.27. The van der Waals surface area contributed by atoms with Gasteiger partial charge in [0, 0.05) is 17.8 Å². The summed E-state index contributed by atoms with van der Waals surface area (Å²) in [5.74, 6) is 0.883. The third-order valence-electron chi connectivity index (χ3n) is 4.87. The van der Waals surface area contributed by atoms with E-state index in [-0.39, 0.29) is 5.91 Å². The number of amides is 1. The van der Waals surface area contributed by atoms with Gasteiger partial charge >= 0.3 is 0 Å². The summed E-state index contributed by atoms with van der Waals surface area (Å²) >= 11 is 0. The molecule has 1 aromatic carbocycles. The lowest BCUT2D eigenvalue weighted by Gasteiger charge is -2.28. The van der Waals surface area contributed by atoms with E-state index in [1.807, 2.05) is 48.3 Å². The van der Waals surface area contributed by atoms with Crippen LogP contribution in [-0.2, 0) is 0 Å². The number of rotatable bonds is 4. The first kappa shape index (κ1) is 15.8. The van der Waals surface area contributed by atoms with Gasteiger partial charge in [0.2, 0.25) is 0 Å². The van der Waals surface area contributed by atoms with Crippen LogP contribution in [0.4, 0.5) is 0 Å². The second kappa shape index (κ2) is 6.99. The molecule has 0 aliphatic heterocycles. The van der Waals surface area contributed by atoms with Crippen molar-refractivity contribution in [2.45, 2.75) is 52.0 Å². The van der Waals surface area contributed by atoms with Gasteiger partial charge in [-0.2, -0.15) is 5.10 Å². The Bertz CT molecular complexity index is 652. The van der Waals surface area contributed by atoms with Crippen molar-refractivity contribution in [3.63, 3.8) is 0 Å². The van der Waals surface area contributed by atoms with Gasteiger partial charge in [-0.15, -0.1) is 0 Å². The molecule has 23 heavy (non-hydrogen) atoms. The smallest absolute Gasteiger partial charge is 0.251 e. The summed E-state index contributed by atoms with van der Waals surface area (Å²) in [4.78, 5) is 12.4. The van der Waals surface area contributed by atoms with Crippen molar-refractivity contribution in [1.82, 2.24) is 15.1 Å².